The molecule has 3 amide bonds. The van der Waals surface area contributed by atoms with Crippen molar-refractivity contribution >= 4 is 39.1 Å². The summed E-state index contributed by atoms with van der Waals surface area (Å²) in [5.74, 6) is -3.11. The van der Waals surface area contributed by atoms with Gasteiger partial charge in [-0.2, -0.15) is 0 Å². The molecular formula is C30H32F2N4O7S. The van der Waals surface area contributed by atoms with Crippen molar-refractivity contribution in [3.05, 3.63) is 82.9 Å². The van der Waals surface area contributed by atoms with E-state index in [0.29, 0.717) is 12.8 Å². The molecule has 0 aromatic heterocycles. The highest BCUT2D eigenvalue weighted by molar-refractivity contribution is 7.92. The number of rotatable bonds is 10. The molecule has 14 heteroatoms. The quantitative estimate of drug-likeness (QED) is 0.246. The number of carboxylic acid groups (broad SMARTS) is 1. The first-order valence-electron chi connectivity index (χ1n) is 13.6. The third kappa shape index (κ3) is 6.59. The number of carbonyl (C=O) groups excluding carboxylic acids is 2. The molecule has 3 aromatic carbocycles. The minimum Gasteiger partial charge on any atom is -0.494 e. The van der Waals surface area contributed by atoms with Crippen LogP contribution >= 0.6 is 0 Å². The third-order valence-corrected chi connectivity index (χ3v) is 9.62. The summed E-state index contributed by atoms with van der Waals surface area (Å²) in [6.45, 7) is 3.20. The fraction of sp³-hybridized carbons (Fsp3) is 0.300. The van der Waals surface area contributed by atoms with Crippen LogP contribution in [0.5, 0.6) is 5.75 Å². The van der Waals surface area contributed by atoms with E-state index in [2.05, 4.69) is 10.6 Å². The minimum atomic E-state index is -3.87. The Balaban J connectivity index is 1.84. The first-order chi connectivity index (χ1) is 20.7. The number of hydrogen-bond acceptors (Lipinski definition) is 7. The lowest BCUT2D eigenvalue weighted by Crippen LogP contribution is -2.38. The number of carbonyl (C=O) groups is 3. The second-order valence-electron chi connectivity index (χ2n) is 10.5. The summed E-state index contributed by atoms with van der Waals surface area (Å²) < 4.78 is 61.1. The summed E-state index contributed by atoms with van der Waals surface area (Å²) in [6.07, 6.45) is -0.544. The van der Waals surface area contributed by atoms with E-state index in [-0.39, 0.29) is 45.3 Å². The molecule has 0 spiro atoms. The fourth-order valence-electron chi connectivity index (χ4n) is 5.13. The summed E-state index contributed by atoms with van der Waals surface area (Å²) in [6, 6.07) is 8.89. The zero-order valence-electron chi connectivity index (χ0n) is 24.1. The summed E-state index contributed by atoms with van der Waals surface area (Å²) in [5, 5.41) is 13.5. The van der Waals surface area contributed by atoms with E-state index in [4.69, 9.17) is 10.5 Å². The SMILES string of the molecule is COc1cc([C@@H](Nc2cc(C(N)=O)ccc2F)C(=O)N2CCC[C@@H]2c2cc(NC(=O)O)ccc2S(=O)(=O)C(C)C)ccc1F. The summed E-state index contributed by atoms with van der Waals surface area (Å²) >= 11 is 0. The fourth-order valence-corrected chi connectivity index (χ4v) is 6.42. The molecule has 1 aliphatic heterocycles. The number of likely N-dealkylation sites (tertiary alicyclic amines) is 1. The van der Waals surface area contributed by atoms with Crippen LogP contribution in [0.3, 0.4) is 0 Å². The van der Waals surface area contributed by atoms with Crippen molar-refractivity contribution in [1.29, 1.82) is 0 Å². The number of methoxy groups -OCH3 is 1. The van der Waals surface area contributed by atoms with Crippen molar-refractivity contribution in [2.45, 2.75) is 48.9 Å². The molecule has 0 unspecified atom stereocenters. The van der Waals surface area contributed by atoms with Gasteiger partial charge in [-0.15, -0.1) is 0 Å². The van der Waals surface area contributed by atoms with Gasteiger partial charge in [-0.1, -0.05) is 6.07 Å². The largest absolute Gasteiger partial charge is 0.494 e. The highest BCUT2D eigenvalue weighted by Gasteiger charge is 2.38. The average molecular weight is 631 g/mol. The Morgan fingerprint density at radius 2 is 1.75 bits per heavy atom. The number of benzene rings is 3. The molecule has 1 heterocycles. The Morgan fingerprint density at radius 1 is 1.05 bits per heavy atom. The molecule has 234 valence electrons. The maximum atomic E-state index is 15.0. The summed E-state index contributed by atoms with van der Waals surface area (Å²) in [4.78, 5) is 38.9. The lowest BCUT2D eigenvalue weighted by Gasteiger charge is -2.32. The van der Waals surface area contributed by atoms with Gasteiger partial charge in [0.1, 0.15) is 11.9 Å². The Morgan fingerprint density at radius 3 is 2.39 bits per heavy atom. The van der Waals surface area contributed by atoms with Crippen LogP contribution in [0, 0.1) is 11.6 Å². The van der Waals surface area contributed by atoms with E-state index in [1.54, 1.807) is 0 Å². The summed E-state index contributed by atoms with van der Waals surface area (Å²) in [5.41, 5.74) is 5.64. The molecule has 44 heavy (non-hydrogen) atoms. The Hall–Kier alpha value is -4.72. The molecule has 3 aromatic rings. The Kier molecular flexibility index (Phi) is 9.42. The summed E-state index contributed by atoms with van der Waals surface area (Å²) in [7, 11) is -2.63. The number of sulfone groups is 1. The van der Waals surface area contributed by atoms with Gasteiger partial charge in [0.05, 0.1) is 29.0 Å². The number of amides is 3. The second kappa shape index (κ2) is 12.9. The van der Waals surface area contributed by atoms with Crippen LogP contribution in [0.2, 0.25) is 0 Å². The van der Waals surface area contributed by atoms with Gasteiger partial charge in [0.15, 0.2) is 21.4 Å². The van der Waals surface area contributed by atoms with Crippen LogP contribution in [0.4, 0.5) is 25.0 Å². The predicted octanol–water partition coefficient (Wildman–Crippen LogP) is 4.86. The number of hydrogen-bond donors (Lipinski definition) is 4. The number of nitrogens with zero attached hydrogens (tertiary/aromatic N) is 1. The normalized spacial score (nSPS) is 15.6. The van der Waals surface area contributed by atoms with Gasteiger partial charge in [0.2, 0.25) is 11.8 Å². The maximum absolute atomic E-state index is 15.0. The van der Waals surface area contributed by atoms with Crippen molar-refractivity contribution in [2.75, 3.05) is 24.3 Å². The van der Waals surface area contributed by atoms with Crippen molar-refractivity contribution in [3.8, 4) is 5.75 Å². The lowest BCUT2D eigenvalue weighted by atomic mass is 10.0. The number of ether oxygens (including phenoxy) is 1. The lowest BCUT2D eigenvalue weighted by molar-refractivity contribution is -0.133. The smallest absolute Gasteiger partial charge is 0.409 e. The monoisotopic (exact) mass is 630 g/mol. The maximum Gasteiger partial charge on any atom is 0.409 e. The van der Waals surface area contributed by atoms with Crippen LogP contribution in [0.25, 0.3) is 0 Å². The van der Waals surface area contributed by atoms with E-state index in [0.717, 1.165) is 18.2 Å². The van der Waals surface area contributed by atoms with E-state index in [1.807, 2.05) is 0 Å². The second-order valence-corrected chi connectivity index (χ2v) is 13.0. The van der Waals surface area contributed by atoms with Gasteiger partial charge >= 0.3 is 6.09 Å². The van der Waals surface area contributed by atoms with Crippen molar-refractivity contribution in [2.24, 2.45) is 5.73 Å². The molecule has 0 radical (unpaired) electrons. The molecule has 4 rings (SSSR count). The Labute approximate surface area is 252 Å². The Bertz CT molecular complexity index is 1720. The third-order valence-electron chi connectivity index (χ3n) is 7.39. The van der Waals surface area contributed by atoms with Gasteiger partial charge < -0.3 is 25.8 Å². The molecule has 1 fully saturated rings. The zero-order chi connectivity index (χ0) is 32.3. The number of primary amides is 1. The van der Waals surface area contributed by atoms with Crippen LogP contribution in [-0.4, -0.2) is 55.2 Å². The van der Waals surface area contributed by atoms with Crippen LogP contribution in [0.1, 0.15) is 60.3 Å². The minimum absolute atomic E-state index is 0.0258. The van der Waals surface area contributed by atoms with Crippen LogP contribution in [-0.2, 0) is 14.6 Å². The van der Waals surface area contributed by atoms with E-state index in [1.165, 1.54) is 62.3 Å². The molecule has 0 saturated carbocycles. The first-order valence-corrected chi connectivity index (χ1v) is 15.2. The van der Waals surface area contributed by atoms with E-state index in [9.17, 15) is 36.7 Å². The predicted molar refractivity (Wildman–Crippen MR) is 158 cm³/mol. The van der Waals surface area contributed by atoms with E-state index < -0.39 is 56.7 Å². The van der Waals surface area contributed by atoms with Gasteiger partial charge in [0, 0.05) is 17.8 Å². The number of halogens is 2. The van der Waals surface area contributed by atoms with Crippen molar-refractivity contribution in [3.63, 3.8) is 0 Å². The van der Waals surface area contributed by atoms with Crippen LogP contribution in [0.15, 0.2) is 59.5 Å². The molecular weight excluding hydrogens is 598 g/mol. The number of anilines is 2. The first kappa shape index (κ1) is 32.2. The molecule has 1 aliphatic rings. The van der Waals surface area contributed by atoms with Gasteiger partial charge in [-0.05, 0) is 86.3 Å². The van der Waals surface area contributed by atoms with E-state index >= 15 is 0 Å². The van der Waals surface area contributed by atoms with Gasteiger partial charge in [-0.25, -0.2) is 22.0 Å². The van der Waals surface area contributed by atoms with Gasteiger partial charge in [-0.3, -0.25) is 14.9 Å². The standard InChI is InChI=1S/C30H32F2N4O7S/c1-16(2)44(41,42)26-11-8-19(34-30(39)40)15-20(26)24-5-4-12-36(24)29(38)27(17-6-10-22(32)25(14-17)43-3)35-23-13-18(28(33)37)7-9-21(23)31/h6-11,13-16,24,27,34-35H,4-5,12H2,1-3H3,(H2,33,37)(H,39,40)/t24-,27-/m1/s1. The highest BCUT2D eigenvalue weighted by Crippen LogP contribution is 2.40. The zero-order valence-corrected chi connectivity index (χ0v) is 25.0. The molecule has 11 nitrogen and oxygen atoms in total. The average Bonchev–Trinajstić information content (AvgIpc) is 3.46. The molecule has 0 aliphatic carbocycles. The van der Waals surface area contributed by atoms with Crippen molar-refractivity contribution in [1.82, 2.24) is 4.90 Å². The molecule has 2 atom stereocenters. The molecule has 1 saturated heterocycles. The van der Waals surface area contributed by atoms with Gasteiger partial charge in [0.25, 0.3) is 0 Å². The topological polar surface area (TPSA) is 168 Å². The number of nitrogens with one attached hydrogen (secondary N) is 2. The van der Waals surface area contributed by atoms with Crippen LogP contribution < -0.4 is 21.1 Å². The highest BCUT2D eigenvalue weighted by atomic mass is 32.2. The number of nitrogens with two attached hydrogens (primary N) is 1. The molecule has 5 N–H and O–H groups in total. The van der Waals surface area contributed by atoms with Crippen molar-refractivity contribution < 1.29 is 41.4 Å². The molecule has 0 bridgehead atoms.